The van der Waals surface area contributed by atoms with Crippen LogP contribution in [-0.2, 0) is 17.6 Å². The minimum atomic E-state index is -0.0525. The number of para-hydroxylation sites is 1. The zero-order valence-electron chi connectivity index (χ0n) is 22.0. The minimum absolute atomic E-state index is 0.0295. The second kappa shape index (κ2) is 12.6. The van der Waals surface area contributed by atoms with Gasteiger partial charge in [0.05, 0.1) is 16.1 Å². The Morgan fingerprint density at radius 2 is 1.66 bits per heavy atom. The van der Waals surface area contributed by atoms with Gasteiger partial charge in [0, 0.05) is 48.9 Å². The van der Waals surface area contributed by atoms with Crippen molar-refractivity contribution >= 4 is 40.0 Å². The summed E-state index contributed by atoms with van der Waals surface area (Å²) in [7, 11) is 0. The molecule has 1 fully saturated rings. The lowest BCUT2D eigenvalue weighted by Gasteiger charge is -2.31. The highest BCUT2D eigenvalue weighted by Gasteiger charge is 2.28. The van der Waals surface area contributed by atoms with E-state index in [1.807, 2.05) is 12.1 Å². The van der Waals surface area contributed by atoms with Gasteiger partial charge >= 0.3 is 0 Å². The second-order valence-electron chi connectivity index (χ2n) is 10.5. The summed E-state index contributed by atoms with van der Waals surface area (Å²) in [6.45, 7) is 2.79. The van der Waals surface area contributed by atoms with E-state index in [9.17, 15) is 9.59 Å². The zero-order chi connectivity index (χ0) is 26.3. The standard InChI is InChI=1S/C31H37ClN4O2/c32-26-13-5-2-10-23(26)31(38)36-20-16-22(17-21-36)30(37)34-19-9-1-8-18-33-29-24-11-3-6-14-27(24)35-28-15-7-4-12-25(28)29/h2-3,5-6,10-11,13-14,22H,1,4,7-9,12,15-21H2,(H,33,35)(H,34,37). The van der Waals surface area contributed by atoms with Gasteiger partial charge in [-0.1, -0.05) is 41.9 Å². The molecule has 200 valence electrons. The van der Waals surface area contributed by atoms with E-state index in [1.54, 1.807) is 17.0 Å². The molecular weight excluding hydrogens is 496 g/mol. The fraction of sp³-hybridized carbons (Fsp3) is 0.452. The van der Waals surface area contributed by atoms with E-state index in [0.717, 1.165) is 44.2 Å². The van der Waals surface area contributed by atoms with E-state index in [1.165, 1.54) is 35.2 Å². The molecule has 5 rings (SSSR count). The molecule has 3 aromatic rings. The first kappa shape index (κ1) is 26.5. The summed E-state index contributed by atoms with van der Waals surface area (Å²) in [5.41, 5.74) is 5.56. The number of hydrogen-bond acceptors (Lipinski definition) is 4. The van der Waals surface area contributed by atoms with Gasteiger partial charge in [0.1, 0.15) is 0 Å². The molecule has 0 radical (unpaired) electrons. The van der Waals surface area contributed by atoms with Crippen molar-refractivity contribution in [2.75, 3.05) is 31.5 Å². The van der Waals surface area contributed by atoms with Gasteiger partial charge in [-0.15, -0.1) is 0 Å². The lowest BCUT2D eigenvalue weighted by Crippen LogP contribution is -2.43. The summed E-state index contributed by atoms with van der Waals surface area (Å²) in [6.07, 6.45) is 9.10. The van der Waals surface area contributed by atoms with Gasteiger partial charge in [0.25, 0.3) is 5.91 Å². The fourth-order valence-electron chi connectivity index (χ4n) is 5.72. The van der Waals surface area contributed by atoms with Crippen molar-refractivity contribution in [3.05, 3.63) is 70.4 Å². The highest BCUT2D eigenvalue weighted by Crippen LogP contribution is 2.33. The number of unbranched alkanes of at least 4 members (excludes halogenated alkanes) is 2. The Kier molecular flexibility index (Phi) is 8.79. The van der Waals surface area contributed by atoms with Crippen LogP contribution < -0.4 is 10.6 Å². The van der Waals surface area contributed by atoms with E-state index in [4.69, 9.17) is 16.6 Å². The van der Waals surface area contributed by atoms with E-state index >= 15 is 0 Å². The number of hydrogen-bond donors (Lipinski definition) is 2. The Morgan fingerprint density at radius 1 is 0.921 bits per heavy atom. The van der Waals surface area contributed by atoms with Crippen molar-refractivity contribution in [1.82, 2.24) is 15.2 Å². The van der Waals surface area contributed by atoms with Gasteiger partial charge in [-0.2, -0.15) is 0 Å². The Morgan fingerprint density at radius 3 is 2.50 bits per heavy atom. The van der Waals surface area contributed by atoms with Crippen LogP contribution in [0.3, 0.4) is 0 Å². The molecule has 2 aromatic carbocycles. The first-order chi connectivity index (χ1) is 18.6. The average Bonchev–Trinajstić information content (AvgIpc) is 2.96. The average molecular weight is 533 g/mol. The summed E-state index contributed by atoms with van der Waals surface area (Å²) in [5, 5.41) is 8.54. The molecule has 38 heavy (non-hydrogen) atoms. The van der Waals surface area contributed by atoms with E-state index < -0.39 is 0 Å². The number of anilines is 1. The predicted molar refractivity (Wildman–Crippen MR) is 154 cm³/mol. The molecule has 1 aliphatic heterocycles. The molecule has 0 atom stereocenters. The molecule has 0 bridgehead atoms. The lowest BCUT2D eigenvalue weighted by atomic mass is 9.92. The van der Waals surface area contributed by atoms with Gasteiger partial charge in [0.15, 0.2) is 0 Å². The smallest absolute Gasteiger partial charge is 0.255 e. The van der Waals surface area contributed by atoms with Crippen molar-refractivity contribution < 1.29 is 9.59 Å². The van der Waals surface area contributed by atoms with Crippen LogP contribution in [0.4, 0.5) is 5.69 Å². The number of piperidine rings is 1. The van der Waals surface area contributed by atoms with Crippen LogP contribution in [0.1, 0.15) is 66.6 Å². The van der Waals surface area contributed by atoms with E-state index in [-0.39, 0.29) is 17.7 Å². The third kappa shape index (κ3) is 6.12. The van der Waals surface area contributed by atoms with Gasteiger partial charge in [-0.3, -0.25) is 14.6 Å². The van der Waals surface area contributed by atoms with Crippen LogP contribution in [0.2, 0.25) is 5.02 Å². The molecule has 0 saturated carbocycles. The maximum absolute atomic E-state index is 12.8. The summed E-state index contributed by atoms with van der Waals surface area (Å²) >= 11 is 6.18. The number of nitrogens with one attached hydrogen (secondary N) is 2. The molecule has 1 saturated heterocycles. The van der Waals surface area contributed by atoms with Crippen molar-refractivity contribution in [1.29, 1.82) is 0 Å². The quantitative estimate of drug-likeness (QED) is 0.330. The van der Waals surface area contributed by atoms with Crippen LogP contribution in [0.5, 0.6) is 0 Å². The fourth-order valence-corrected chi connectivity index (χ4v) is 5.94. The number of pyridine rings is 1. The predicted octanol–water partition coefficient (Wildman–Crippen LogP) is 6.02. The summed E-state index contributed by atoms with van der Waals surface area (Å²) in [6, 6.07) is 15.6. The van der Waals surface area contributed by atoms with Crippen molar-refractivity contribution in [2.24, 2.45) is 5.92 Å². The number of likely N-dealkylation sites (tertiary alicyclic amines) is 1. The molecule has 2 aliphatic rings. The molecule has 6 nitrogen and oxygen atoms in total. The third-order valence-corrected chi connectivity index (χ3v) is 8.21. The molecule has 0 unspecified atom stereocenters. The third-order valence-electron chi connectivity index (χ3n) is 7.88. The Labute approximate surface area is 230 Å². The molecule has 7 heteroatoms. The van der Waals surface area contributed by atoms with Crippen molar-refractivity contribution in [3.8, 4) is 0 Å². The van der Waals surface area contributed by atoms with E-state index in [2.05, 4.69) is 34.9 Å². The normalized spacial score (nSPS) is 15.8. The molecule has 2 heterocycles. The Balaban J connectivity index is 1.01. The number of benzene rings is 2. The summed E-state index contributed by atoms with van der Waals surface area (Å²) in [5.74, 6) is 0.0318. The number of amides is 2. The number of aromatic nitrogens is 1. The number of fused-ring (bicyclic) bond motifs is 2. The number of rotatable bonds is 9. The second-order valence-corrected chi connectivity index (χ2v) is 10.9. The molecule has 2 N–H and O–H groups in total. The number of carbonyl (C=O) groups is 2. The maximum Gasteiger partial charge on any atom is 0.255 e. The highest BCUT2D eigenvalue weighted by molar-refractivity contribution is 6.33. The first-order valence-electron chi connectivity index (χ1n) is 14.1. The summed E-state index contributed by atoms with van der Waals surface area (Å²) in [4.78, 5) is 32.2. The topological polar surface area (TPSA) is 74.3 Å². The van der Waals surface area contributed by atoms with Crippen LogP contribution in [0.25, 0.3) is 10.9 Å². The largest absolute Gasteiger partial charge is 0.384 e. The monoisotopic (exact) mass is 532 g/mol. The van der Waals surface area contributed by atoms with Crippen LogP contribution in [0, 0.1) is 5.92 Å². The van der Waals surface area contributed by atoms with E-state index in [0.29, 0.717) is 43.1 Å². The van der Waals surface area contributed by atoms with Crippen molar-refractivity contribution in [3.63, 3.8) is 0 Å². The number of aryl methyl sites for hydroxylation is 1. The number of nitrogens with zero attached hydrogens (tertiary/aromatic N) is 2. The Bertz CT molecular complexity index is 1290. The van der Waals surface area contributed by atoms with Gasteiger partial charge in [-0.25, -0.2) is 0 Å². The van der Waals surface area contributed by atoms with Crippen LogP contribution in [0.15, 0.2) is 48.5 Å². The zero-order valence-corrected chi connectivity index (χ0v) is 22.7. The maximum atomic E-state index is 12.8. The number of carbonyl (C=O) groups excluding carboxylic acids is 2. The first-order valence-corrected chi connectivity index (χ1v) is 14.5. The van der Waals surface area contributed by atoms with Gasteiger partial charge in [0.2, 0.25) is 5.91 Å². The van der Waals surface area contributed by atoms with Crippen LogP contribution >= 0.6 is 11.6 Å². The lowest BCUT2D eigenvalue weighted by molar-refractivity contribution is -0.126. The Hall–Kier alpha value is -3.12. The molecule has 2 amide bonds. The summed E-state index contributed by atoms with van der Waals surface area (Å²) < 4.78 is 0. The minimum Gasteiger partial charge on any atom is -0.384 e. The molecule has 1 aromatic heterocycles. The molecule has 1 aliphatic carbocycles. The van der Waals surface area contributed by atoms with Gasteiger partial charge in [-0.05, 0) is 81.5 Å². The number of halogens is 1. The van der Waals surface area contributed by atoms with Gasteiger partial charge < -0.3 is 15.5 Å². The van der Waals surface area contributed by atoms with Crippen molar-refractivity contribution in [2.45, 2.75) is 57.8 Å². The van der Waals surface area contributed by atoms with Crippen LogP contribution in [-0.4, -0.2) is 47.9 Å². The highest BCUT2D eigenvalue weighted by atomic mass is 35.5. The SMILES string of the molecule is O=C(NCCCCCNc1c2c(nc3ccccc13)CCCC2)C1CCN(C(=O)c2ccccc2Cl)CC1. The molecular formula is C31H37ClN4O2. The molecule has 0 spiro atoms.